The molecule has 0 aromatic carbocycles. The summed E-state index contributed by atoms with van der Waals surface area (Å²) < 4.78 is 16.8. The third-order valence-electron chi connectivity index (χ3n) is 1.11. The fraction of sp³-hybridized carbons (Fsp3) is 0.800. The molecule has 8 heavy (non-hydrogen) atoms. The van der Waals surface area contributed by atoms with Crippen LogP contribution in [0.1, 0.15) is 6.42 Å². The lowest BCUT2D eigenvalue weighted by atomic mass is 10.2. The third-order valence-corrected chi connectivity index (χ3v) is 1.11. The van der Waals surface area contributed by atoms with Gasteiger partial charge in [-0.25, -0.2) is 4.39 Å². The Kier molecular flexibility index (Phi) is 1.58. The minimum atomic E-state index is -1.26. The highest BCUT2D eigenvalue weighted by Crippen LogP contribution is 2.05. The monoisotopic (exact) mass is 118 g/mol. The second-order valence-electron chi connectivity index (χ2n) is 1.78. The van der Waals surface area contributed by atoms with Gasteiger partial charge in [-0.2, -0.15) is 0 Å². The molecule has 0 aliphatic carbocycles. The number of hydrogen-bond donors (Lipinski definition) is 0. The van der Waals surface area contributed by atoms with E-state index in [0.717, 1.165) is 0 Å². The van der Waals surface area contributed by atoms with E-state index < -0.39 is 12.0 Å². The number of ether oxygens (including phenoxy) is 1. The first-order chi connectivity index (χ1) is 3.80. The van der Waals surface area contributed by atoms with Gasteiger partial charge < -0.3 is 4.74 Å². The normalized spacial score (nSPS) is 30.6. The molecule has 1 fully saturated rings. The molecule has 3 heteroatoms. The number of rotatable bonds is 0. The molecule has 0 radical (unpaired) electrons. The Bertz CT molecular complexity index is 103. The van der Waals surface area contributed by atoms with Crippen molar-refractivity contribution < 1.29 is 13.9 Å². The van der Waals surface area contributed by atoms with E-state index in [1.807, 2.05) is 0 Å². The third kappa shape index (κ3) is 1.04. The van der Waals surface area contributed by atoms with Crippen molar-refractivity contribution in [2.75, 3.05) is 13.2 Å². The van der Waals surface area contributed by atoms with Crippen molar-refractivity contribution in [3.8, 4) is 0 Å². The zero-order valence-electron chi connectivity index (χ0n) is 4.39. The second-order valence-corrected chi connectivity index (χ2v) is 1.78. The van der Waals surface area contributed by atoms with E-state index in [1.54, 1.807) is 0 Å². The van der Waals surface area contributed by atoms with E-state index in [0.29, 0.717) is 6.61 Å². The summed E-state index contributed by atoms with van der Waals surface area (Å²) in [4.78, 5) is 10.3. The summed E-state index contributed by atoms with van der Waals surface area (Å²) in [5.41, 5.74) is 0. The molecule has 0 spiro atoms. The maximum absolute atomic E-state index is 12.1. The fourth-order valence-corrected chi connectivity index (χ4v) is 0.611. The molecule has 1 atom stereocenters. The molecular formula is C5H7FO2. The minimum absolute atomic E-state index is 0.0405. The van der Waals surface area contributed by atoms with Gasteiger partial charge >= 0.3 is 0 Å². The molecule has 1 saturated heterocycles. The van der Waals surface area contributed by atoms with Gasteiger partial charge in [0.15, 0.2) is 12.0 Å². The fourth-order valence-electron chi connectivity index (χ4n) is 0.611. The smallest absolute Gasteiger partial charge is 0.192 e. The van der Waals surface area contributed by atoms with E-state index in [4.69, 9.17) is 0 Å². The van der Waals surface area contributed by atoms with Crippen LogP contribution in [0.3, 0.4) is 0 Å². The summed E-state index contributed by atoms with van der Waals surface area (Å²) in [6.45, 7) is 0.341. The van der Waals surface area contributed by atoms with E-state index in [9.17, 15) is 9.18 Å². The Morgan fingerprint density at radius 3 is 2.88 bits per heavy atom. The first-order valence-electron chi connectivity index (χ1n) is 2.55. The molecular weight excluding hydrogens is 111 g/mol. The Morgan fingerprint density at radius 2 is 2.50 bits per heavy atom. The van der Waals surface area contributed by atoms with Crippen LogP contribution >= 0.6 is 0 Å². The van der Waals surface area contributed by atoms with Gasteiger partial charge in [-0.1, -0.05) is 0 Å². The highest BCUT2D eigenvalue weighted by Gasteiger charge is 2.20. The van der Waals surface area contributed by atoms with Crippen molar-refractivity contribution in [1.29, 1.82) is 0 Å². The molecule has 1 heterocycles. The van der Waals surface area contributed by atoms with Crippen LogP contribution in [0.4, 0.5) is 4.39 Å². The minimum Gasteiger partial charge on any atom is -0.373 e. The van der Waals surface area contributed by atoms with E-state index in [-0.39, 0.29) is 13.0 Å². The number of halogens is 1. The second kappa shape index (κ2) is 2.22. The zero-order valence-corrected chi connectivity index (χ0v) is 4.39. The Morgan fingerprint density at radius 1 is 1.75 bits per heavy atom. The van der Waals surface area contributed by atoms with Gasteiger partial charge in [0.2, 0.25) is 0 Å². The number of carbonyl (C=O) groups is 1. The lowest BCUT2D eigenvalue weighted by Crippen LogP contribution is -2.28. The van der Waals surface area contributed by atoms with Gasteiger partial charge in [0.25, 0.3) is 0 Å². The molecule has 1 aliphatic heterocycles. The zero-order chi connectivity index (χ0) is 5.98. The highest BCUT2D eigenvalue weighted by atomic mass is 19.1. The standard InChI is InChI=1S/C5H7FO2/c6-4-1-2-8-3-5(4)7/h4H,1-3H2/t4-/m1/s1. The number of carbonyl (C=O) groups excluding carboxylic acids is 1. The van der Waals surface area contributed by atoms with Gasteiger partial charge in [-0.15, -0.1) is 0 Å². The van der Waals surface area contributed by atoms with Crippen molar-refractivity contribution in [3.63, 3.8) is 0 Å². The summed E-state index contributed by atoms with van der Waals surface area (Å²) in [5, 5.41) is 0. The summed E-state index contributed by atoms with van der Waals surface area (Å²) in [6, 6.07) is 0. The summed E-state index contributed by atoms with van der Waals surface area (Å²) >= 11 is 0. The van der Waals surface area contributed by atoms with Crippen LogP contribution in [0.5, 0.6) is 0 Å². The molecule has 0 aromatic heterocycles. The maximum atomic E-state index is 12.1. The molecule has 0 unspecified atom stereocenters. The lowest BCUT2D eigenvalue weighted by Gasteiger charge is -2.12. The summed E-state index contributed by atoms with van der Waals surface area (Å²) in [5.74, 6) is -0.420. The van der Waals surface area contributed by atoms with Gasteiger partial charge in [0, 0.05) is 6.42 Å². The lowest BCUT2D eigenvalue weighted by molar-refractivity contribution is -0.133. The van der Waals surface area contributed by atoms with E-state index in [2.05, 4.69) is 4.74 Å². The number of Topliss-reactive ketones (excluding diaryl/α,β-unsaturated/α-hetero) is 1. The Labute approximate surface area is 46.6 Å². The molecule has 0 amide bonds. The van der Waals surface area contributed by atoms with Crippen LogP contribution in [0, 0.1) is 0 Å². The van der Waals surface area contributed by atoms with E-state index >= 15 is 0 Å². The molecule has 1 aliphatic rings. The average Bonchev–Trinajstić information content (AvgIpc) is 1.77. The number of ketones is 1. The van der Waals surface area contributed by atoms with Gasteiger partial charge in [0.05, 0.1) is 6.61 Å². The molecule has 2 nitrogen and oxygen atoms in total. The first kappa shape index (κ1) is 5.69. The first-order valence-corrected chi connectivity index (χ1v) is 2.55. The molecule has 0 aromatic rings. The predicted octanol–water partition coefficient (Wildman–Crippen LogP) is 0.314. The van der Waals surface area contributed by atoms with Crippen molar-refractivity contribution in [2.24, 2.45) is 0 Å². The van der Waals surface area contributed by atoms with Crippen LogP contribution < -0.4 is 0 Å². The molecule has 0 bridgehead atoms. The Hall–Kier alpha value is -0.440. The molecule has 46 valence electrons. The Balaban J connectivity index is 2.39. The van der Waals surface area contributed by atoms with Crippen LogP contribution in [-0.2, 0) is 9.53 Å². The SMILES string of the molecule is O=C1COCC[C@H]1F. The van der Waals surface area contributed by atoms with Crippen molar-refractivity contribution in [3.05, 3.63) is 0 Å². The van der Waals surface area contributed by atoms with Crippen molar-refractivity contribution in [2.45, 2.75) is 12.6 Å². The maximum Gasteiger partial charge on any atom is 0.192 e. The highest BCUT2D eigenvalue weighted by molar-refractivity contribution is 5.84. The van der Waals surface area contributed by atoms with Crippen LogP contribution in [-0.4, -0.2) is 25.2 Å². The van der Waals surface area contributed by atoms with Gasteiger partial charge in [-0.3, -0.25) is 4.79 Å². The molecule has 1 rings (SSSR count). The quantitative estimate of drug-likeness (QED) is 0.457. The molecule has 0 saturated carbocycles. The summed E-state index contributed by atoms with van der Waals surface area (Å²) in [7, 11) is 0. The summed E-state index contributed by atoms with van der Waals surface area (Å²) in [6.07, 6.45) is -1.03. The topological polar surface area (TPSA) is 26.3 Å². The largest absolute Gasteiger partial charge is 0.373 e. The molecule has 0 N–H and O–H groups in total. The number of hydrogen-bond acceptors (Lipinski definition) is 2. The van der Waals surface area contributed by atoms with Gasteiger partial charge in [-0.05, 0) is 0 Å². The van der Waals surface area contributed by atoms with Crippen molar-refractivity contribution in [1.82, 2.24) is 0 Å². The number of alkyl halides is 1. The van der Waals surface area contributed by atoms with Crippen molar-refractivity contribution >= 4 is 5.78 Å². The average molecular weight is 118 g/mol. The van der Waals surface area contributed by atoms with Crippen LogP contribution in [0.2, 0.25) is 0 Å². The van der Waals surface area contributed by atoms with Crippen LogP contribution in [0.15, 0.2) is 0 Å². The van der Waals surface area contributed by atoms with E-state index in [1.165, 1.54) is 0 Å². The predicted molar refractivity (Wildman–Crippen MR) is 25.3 cm³/mol. The van der Waals surface area contributed by atoms with Crippen LogP contribution in [0.25, 0.3) is 0 Å². The van der Waals surface area contributed by atoms with Gasteiger partial charge in [0.1, 0.15) is 6.61 Å².